The van der Waals surface area contributed by atoms with Crippen molar-refractivity contribution in [1.82, 2.24) is 20.0 Å². The summed E-state index contributed by atoms with van der Waals surface area (Å²) in [5.74, 6) is 0.628. The van der Waals surface area contributed by atoms with Crippen LogP contribution in [-0.4, -0.2) is 20.0 Å². The van der Waals surface area contributed by atoms with Crippen LogP contribution in [0.2, 0.25) is 0 Å². The van der Waals surface area contributed by atoms with Crippen LogP contribution in [0.3, 0.4) is 0 Å². The van der Waals surface area contributed by atoms with Crippen molar-refractivity contribution in [3.05, 3.63) is 63.4 Å². The van der Waals surface area contributed by atoms with Crippen molar-refractivity contribution >= 4 is 0 Å². The summed E-state index contributed by atoms with van der Waals surface area (Å²) in [6.45, 7) is 3.47. The van der Waals surface area contributed by atoms with Crippen molar-refractivity contribution in [1.29, 1.82) is 5.26 Å². The molecule has 0 unspecified atom stereocenters. The second-order valence-electron chi connectivity index (χ2n) is 5.03. The number of hydrogen-bond acceptors (Lipinski definition) is 6. The van der Waals surface area contributed by atoms with Crippen molar-refractivity contribution in [3.63, 3.8) is 0 Å². The number of benzene rings is 1. The highest BCUT2D eigenvalue weighted by Crippen LogP contribution is 2.17. The van der Waals surface area contributed by atoms with Crippen LogP contribution >= 0.6 is 0 Å². The van der Waals surface area contributed by atoms with E-state index in [2.05, 4.69) is 15.3 Å². The lowest BCUT2D eigenvalue weighted by molar-refractivity contribution is 0.463. The molecule has 114 valence electrons. The quantitative estimate of drug-likeness (QED) is 0.732. The number of nitrogens with zero attached hydrogens (tertiary/aromatic N) is 5. The van der Waals surface area contributed by atoms with Gasteiger partial charge in [0.15, 0.2) is 0 Å². The van der Waals surface area contributed by atoms with Crippen LogP contribution in [0, 0.1) is 25.2 Å². The van der Waals surface area contributed by atoms with Gasteiger partial charge in [-0.15, -0.1) is 10.2 Å². The fourth-order valence-electron chi connectivity index (χ4n) is 2.15. The molecule has 23 heavy (non-hydrogen) atoms. The van der Waals surface area contributed by atoms with Crippen LogP contribution in [0.4, 0.5) is 0 Å². The molecule has 0 saturated carbocycles. The fourth-order valence-corrected chi connectivity index (χ4v) is 2.15. The van der Waals surface area contributed by atoms with Gasteiger partial charge in [0.25, 0.3) is 5.56 Å². The third-order valence-electron chi connectivity index (χ3n) is 3.52. The normalized spacial score (nSPS) is 10.5. The minimum Gasteiger partial charge on any atom is -0.419 e. The van der Waals surface area contributed by atoms with Crippen LogP contribution in [-0.2, 0) is 6.54 Å². The molecule has 0 aliphatic rings. The van der Waals surface area contributed by atoms with Gasteiger partial charge in [0.05, 0.1) is 5.69 Å². The number of aryl methyl sites for hydroxylation is 1. The molecule has 0 atom stereocenters. The Hall–Kier alpha value is -3.27. The third-order valence-corrected chi connectivity index (χ3v) is 3.52. The predicted molar refractivity (Wildman–Crippen MR) is 81.5 cm³/mol. The first kappa shape index (κ1) is 14.7. The lowest BCUT2D eigenvalue weighted by Gasteiger charge is -2.06. The highest BCUT2D eigenvalue weighted by molar-refractivity contribution is 5.51. The molecule has 3 rings (SSSR count). The third kappa shape index (κ3) is 2.74. The number of aromatic nitrogens is 4. The monoisotopic (exact) mass is 307 g/mol. The second kappa shape index (κ2) is 5.85. The van der Waals surface area contributed by atoms with E-state index in [1.165, 1.54) is 4.68 Å². The second-order valence-corrected chi connectivity index (χ2v) is 5.03. The van der Waals surface area contributed by atoms with Crippen LogP contribution in [0.15, 0.2) is 39.5 Å². The highest BCUT2D eigenvalue weighted by Gasteiger charge is 2.14. The maximum atomic E-state index is 12.2. The highest BCUT2D eigenvalue weighted by atomic mass is 16.4. The lowest BCUT2D eigenvalue weighted by atomic mass is 10.1. The van der Waals surface area contributed by atoms with E-state index in [1.807, 2.05) is 36.4 Å². The predicted octanol–water partition coefficient (Wildman–Crippen LogP) is 1.83. The summed E-state index contributed by atoms with van der Waals surface area (Å²) >= 11 is 0. The van der Waals surface area contributed by atoms with E-state index in [0.29, 0.717) is 17.1 Å². The summed E-state index contributed by atoms with van der Waals surface area (Å²) < 4.78 is 6.74. The van der Waals surface area contributed by atoms with Gasteiger partial charge in [-0.1, -0.05) is 18.2 Å². The van der Waals surface area contributed by atoms with E-state index < -0.39 is 5.56 Å². The topological polar surface area (TPSA) is 97.6 Å². The summed E-state index contributed by atoms with van der Waals surface area (Å²) in [6.07, 6.45) is 0. The fraction of sp³-hybridized carbons (Fsp3) is 0.188. The van der Waals surface area contributed by atoms with E-state index >= 15 is 0 Å². The smallest absolute Gasteiger partial charge is 0.285 e. The van der Waals surface area contributed by atoms with Gasteiger partial charge in [-0.25, -0.2) is 4.68 Å². The average molecular weight is 307 g/mol. The van der Waals surface area contributed by atoms with E-state index in [9.17, 15) is 4.79 Å². The Balaban J connectivity index is 1.95. The van der Waals surface area contributed by atoms with Crippen LogP contribution in [0.1, 0.15) is 22.7 Å². The first-order valence-corrected chi connectivity index (χ1v) is 6.96. The van der Waals surface area contributed by atoms with E-state index in [0.717, 1.165) is 5.56 Å². The molecule has 0 spiro atoms. The van der Waals surface area contributed by atoms with Gasteiger partial charge in [-0.05, 0) is 31.5 Å². The van der Waals surface area contributed by atoms with Gasteiger partial charge >= 0.3 is 0 Å². The molecular weight excluding hydrogens is 294 g/mol. The Morgan fingerprint density at radius 1 is 1.22 bits per heavy atom. The summed E-state index contributed by atoms with van der Waals surface area (Å²) in [7, 11) is 0. The Labute approximate surface area is 131 Å². The Morgan fingerprint density at radius 3 is 2.65 bits per heavy atom. The van der Waals surface area contributed by atoms with Crippen LogP contribution < -0.4 is 5.56 Å². The number of hydrogen-bond donors (Lipinski definition) is 0. The molecule has 0 aliphatic heterocycles. The molecule has 7 nitrogen and oxygen atoms in total. The average Bonchev–Trinajstić information content (AvgIpc) is 3.03. The maximum absolute atomic E-state index is 12.2. The van der Waals surface area contributed by atoms with Gasteiger partial charge in [0.2, 0.25) is 11.8 Å². The van der Waals surface area contributed by atoms with Gasteiger partial charge < -0.3 is 4.42 Å². The van der Waals surface area contributed by atoms with Crippen molar-refractivity contribution in [2.75, 3.05) is 0 Å². The molecule has 0 N–H and O–H groups in total. The first-order valence-electron chi connectivity index (χ1n) is 6.96. The standard InChI is InChI=1S/C16H13N5O2/c1-10-11(2)20-21(16(22)13(10)8-17)9-14-18-19-15(23-14)12-6-4-3-5-7-12/h3-7H,9H2,1-2H3. The minimum atomic E-state index is -0.463. The first-order chi connectivity index (χ1) is 11.1. The zero-order valence-corrected chi connectivity index (χ0v) is 12.6. The molecule has 0 radical (unpaired) electrons. The lowest BCUT2D eigenvalue weighted by Crippen LogP contribution is -2.28. The summed E-state index contributed by atoms with van der Waals surface area (Å²) in [5, 5.41) is 21.2. The molecule has 0 bridgehead atoms. The van der Waals surface area contributed by atoms with Crippen molar-refractivity contribution < 1.29 is 4.42 Å². The summed E-state index contributed by atoms with van der Waals surface area (Å²) in [4.78, 5) is 12.2. The Kier molecular flexibility index (Phi) is 3.73. The molecule has 2 heterocycles. The number of rotatable bonds is 3. The van der Waals surface area contributed by atoms with E-state index in [-0.39, 0.29) is 18.0 Å². The molecule has 1 aromatic carbocycles. The Bertz CT molecular complexity index is 951. The molecular formula is C16H13N5O2. The zero-order chi connectivity index (χ0) is 16.4. The van der Waals surface area contributed by atoms with Gasteiger partial charge in [0, 0.05) is 5.56 Å². The molecule has 0 aliphatic carbocycles. The summed E-state index contributed by atoms with van der Waals surface area (Å²) in [6, 6.07) is 11.3. The van der Waals surface area contributed by atoms with Crippen molar-refractivity contribution in [2.45, 2.75) is 20.4 Å². The van der Waals surface area contributed by atoms with E-state index in [4.69, 9.17) is 9.68 Å². The minimum absolute atomic E-state index is 0.0223. The molecule has 0 saturated heterocycles. The molecule has 0 amide bonds. The molecule has 0 fully saturated rings. The van der Waals surface area contributed by atoms with Gasteiger partial charge in [0.1, 0.15) is 18.2 Å². The Morgan fingerprint density at radius 2 is 1.96 bits per heavy atom. The number of nitriles is 1. The summed E-state index contributed by atoms with van der Waals surface area (Å²) in [5.41, 5.74) is 1.62. The molecule has 2 aromatic heterocycles. The maximum Gasteiger partial charge on any atom is 0.285 e. The SMILES string of the molecule is Cc1nn(Cc2nnc(-c3ccccc3)o2)c(=O)c(C#N)c1C. The zero-order valence-electron chi connectivity index (χ0n) is 12.6. The molecule has 7 heteroatoms. The van der Waals surface area contributed by atoms with Crippen LogP contribution in [0.25, 0.3) is 11.5 Å². The van der Waals surface area contributed by atoms with Crippen molar-refractivity contribution in [3.8, 4) is 17.5 Å². The van der Waals surface area contributed by atoms with Crippen molar-refractivity contribution in [2.24, 2.45) is 0 Å². The van der Waals surface area contributed by atoms with E-state index in [1.54, 1.807) is 13.8 Å². The van der Waals surface area contributed by atoms with Crippen LogP contribution in [0.5, 0.6) is 0 Å². The largest absolute Gasteiger partial charge is 0.419 e. The van der Waals surface area contributed by atoms with Gasteiger partial charge in [-0.3, -0.25) is 4.79 Å². The van der Waals surface area contributed by atoms with Gasteiger partial charge in [-0.2, -0.15) is 10.4 Å². The molecule has 3 aromatic rings.